The van der Waals surface area contributed by atoms with E-state index in [9.17, 15) is 0 Å². The molecule has 0 aliphatic rings. The molecule has 1 atom stereocenters. The summed E-state index contributed by atoms with van der Waals surface area (Å²) >= 11 is 14.0. The quantitative estimate of drug-likeness (QED) is 0.249. The molecule has 32 heavy (non-hydrogen) atoms. The smallest absolute Gasteiger partial charge is 0.124 e. The Hall–Kier alpha value is -2.91. The monoisotopic (exact) mass is 471 g/mol. The maximum absolute atomic E-state index is 6.21. The Balaban J connectivity index is 1.74. The molecule has 0 bridgehead atoms. The van der Waals surface area contributed by atoms with E-state index in [1.807, 2.05) is 48.5 Å². The summed E-state index contributed by atoms with van der Waals surface area (Å²) in [5.74, 6) is -0.0130. The molecule has 1 heterocycles. The van der Waals surface area contributed by atoms with E-state index in [0.29, 0.717) is 0 Å². The van der Waals surface area contributed by atoms with Crippen LogP contribution in [0.2, 0.25) is 10.0 Å². The first-order valence-corrected chi connectivity index (χ1v) is 11.9. The summed E-state index contributed by atoms with van der Waals surface area (Å²) in [4.78, 5) is 6.37. The van der Waals surface area contributed by atoms with Crippen molar-refractivity contribution in [2.75, 3.05) is 0 Å². The van der Waals surface area contributed by atoms with Crippen LogP contribution in [0.3, 0.4) is 0 Å². The second kappa shape index (κ2) is 9.30. The first-order chi connectivity index (χ1) is 15.7. The van der Waals surface area contributed by atoms with Gasteiger partial charge in [-0.1, -0.05) is 108 Å². The number of benzene rings is 4. The van der Waals surface area contributed by atoms with Crippen LogP contribution in [0.5, 0.6) is 0 Å². The molecule has 1 aromatic heterocycles. The Labute approximate surface area is 201 Å². The van der Waals surface area contributed by atoms with Crippen LogP contribution in [-0.4, -0.2) is 4.98 Å². The number of rotatable bonds is 5. The van der Waals surface area contributed by atoms with Crippen molar-refractivity contribution >= 4 is 34.5 Å². The average molecular weight is 472 g/mol. The van der Waals surface area contributed by atoms with Gasteiger partial charge in [-0.15, -0.1) is 11.3 Å². The molecule has 0 aliphatic heterocycles. The molecule has 5 aromatic rings. The van der Waals surface area contributed by atoms with E-state index in [0.717, 1.165) is 37.4 Å². The topological polar surface area (TPSA) is 12.9 Å². The van der Waals surface area contributed by atoms with Crippen LogP contribution in [0, 0.1) is 0 Å². The minimum atomic E-state index is -0.0130. The minimum absolute atomic E-state index is 0.0130. The highest BCUT2D eigenvalue weighted by Gasteiger charge is 2.25. The standard InChI is InChI=1S/C28H19Cl2NS/c29-23-15-11-20(12-16-23)25(19-7-3-1-4-8-19)26-27(21-9-5-2-6-10-21)32-28(31-26)22-13-17-24(30)18-14-22/h1-18,25H. The molecular formula is C28H19Cl2NS. The van der Waals surface area contributed by atoms with Gasteiger partial charge in [0.2, 0.25) is 0 Å². The van der Waals surface area contributed by atoms with Crippen LogP contribution in [-0.2, 0) is 0 Å². The largest absolute Gasteiger partial charge is 0.239 e. The third kappa shape index (κ3) is 4.35. The average Bonchev–Trinajstić information content (AvgIpc) is 3.27. The van der Waals surface area contributed by atoms with Crippen LogP contribution in [0.1, 0.15) is 22.7 Å². The molecule has 0 amide bonds. The van der Waals surface area contributed by atoms with Crippen LogP contribution < -0.4 is 0 Å². The molecule has 4 heteroatoms. The Morgan fingerprint density at radius 3 is 1.72 bits per heavy atom. The number of thiazole rings is 1. The van der Waals surface area contributed by atoms with Crippen LogP contribution in [0.15, 0.2) is 109 Å². The Kier molecular flexibility index (Phi) is 6.09. The van der Waals surface area contributed by atoms with Crippen molar-refractivity contribution in [3.05, 3.63) is 136 Å². The third-order valence-corrected chi connectivity index (χ3v) is 7.06. The van der Waals surface area contributed by atoms with Gasteiger partial charge in [0.25, 0.3) is 0 Å². The molecule has 0 N–H and O–H groups in total. The zero-order valence-corrected chi connectivity index (χ0v) is 19.4. The summed E-state index contributed by atoms with van der Waals surface area (Å²) in [5, 5.41) is 2.42. The molecule has 0 fully saturated rings. The lowest BCUT2D eigenvalue weighted by atomic mass is 9.87. The number of nitrogens with zero attached hydrogens (tertiary/aromatic N) is 1. The number of hydrogen-bond donors (Lipinski definition) is 0. The predicted molar refractivity (Wildman–Crippen MR) is 137 cm³/mol. The number of halogens is 2. The van der Waals surface area contributed by atoms with E-state index >= 15 is 0 Å². The van der Waals surface area contributed by atoms with Gasteiger partial charge in [0, 0.05) is 15.6 Å². The maximum atomic E-state index is 6.21. The third-order valence-electron chi connectivity index (χ3n) is 5.39. The zero-order valence-electron chi connectivity index (χ0n) is 17.1. The van der Waals surface area contributed by atoms with Gasteiger partial charge in [0.15, 0.2) is 0 Å². The summed E-state index contributed by atoms with van der Waals surface area (Å²) in [6.45, 7) is 0. The first kappa shape index (κ1) is 21.0. The molecule has 5 rings (SSSR count). The van der Waals surface area contributed by atoms with E-state index in [2.05, 4.69) is 60.7 Å². The fourth-order valence-electron chi connectivity index (χ4n) is 3.85. The van der Waals surface area contributed by atoms with E-state index in [1.165, 1.54) is 10.4 Å². The number of aromatic nitrogens is 1. The van der Waals surface area contributed by atoms with Gasteiger partial charge in [-0.3, -0.25) is 0 Å². The Bertz CT molecular complexity index is 1310. The second-order valence-electron chi connectivity index (χ2n) is 7.50. The molecule has 156 valence electrons. The fourth-order valence-corrected chi connectivity index (χ4v) is 5.21. The van der Waals surface area contributed by atoms with Crippen LogP contribution in [0.4, 0.5) is 0 Å². The van der Waals surface area contributed by atoms with Gasteiger partial charge in [-0.25, -0.2) is 4.98 Å². The van der Waals surface area contributed by atoms with Crippen molar-refractivity contribution in [1.82, 2.24) is 4.98 Å². The lowest BCUT2D eigenvalue weighted by Crippen LogP contribution is -2.05. The maximum Gasteiger partial charge on any atom is 0.124 e. The van der Waals surface area contributed by atoms with Crippen molar-refractivity contribution in [3.8, 4) is 21.0 Å². The molecule has 1 nitrogen and oxygen atoms in total. The summed E-state index contributed by atoms with van der Waals surface area (Å²) < 4.78 is 0. The van der Waals surface area contributed by atoms with Crippen LogP contribution >= 0.6 is 34.5 Å². The molecule has 1 unspecified atom stereocenters. The second-order valence-corrected chi connectivity index (χ2v) is 9.37. The highest BCUT2D eigenvalue weighted by atomic mass is 35.5. The normalized spacial score (nSPS) is 11.9. The molecule has 0 saturated carbocycles. The minimum Gasteiger partial charge on any atom is -0.239 e. The fraction of sp³-hybridized carbons (Fsp3) is 0.0357. The number of hydrogen-bond acceptors (Lipinski definition) is 2. The zero-order chi connectivity index (χ0) is 21.9. The van der Waals surface area contributed by atoms with E-state index in [1.54, 1.807) is 11.3 Å². The van der Waals surface area contributed by atoms with Gasteiger partial charge >= 0.3 is 0 Å². The van der Waals surface area contributed by atoms with Crippen molar-refractivity contribution < 1.29 is 0 Å². The lowest BCUT2D eigenvalue weighted by molar-refractivity contribution is 0.937. The van der Waals surface area contributed by atoms with Gasteiger partial charge in [-0.05, 0) is 41.0 Å². The SMILES string of the molecule is Clc1ccc(-c2nc(C(c3ccccc3)c3ccc(Cl)cc3)c(-c3ccccc3)s2)cc1. The van der Waals surface area contributed by atoms with Crippen molar-refractivity contribution in [2.45, 2.75) is 5.92 Å². The highest BCUT2D eigenvalue weighted by Crippen LogP contribution is 2.43. The first-order valence-electron chi connectivity index (χ1n) is 10.3. The van der Waals surface area contributed by atoms with Crippen molar-refractivity contribution in [2.24, 2.45) is 0 Å². The summed E-state index contributed by atoms with van der Waals surface area (Å²) in [6.07, 6.45) is 0. The van der Waals surface area contributed by atoms with Gasteiger partial charge in [0.05, 0.1) is 16.5 Å². The predicted octanol–water partition coefficient (Wildman–Crippen LogP) is 8.96. The molecule has 4 aromatic carbocycles. The highest BCUT2D eigenvalue weighted by molar-refractivity contribution is 7.18. The summed E-state index contributed by atoms with van der Waals surface area (Å²) in [5.41, 5.74) is 5.62. The van der Waals surface area contributed by atoms with Gasteiger partial charge in [0.1, 0.15) is 5.01 Å². The van der Waals surface area contributed by atoms with Gasteiger partial charge < -0.3 is 0 Å². The van der Waals surface area contributed by atoms with Gasteiger partial charge in [-0.2, -0.15) is 0 Å². The summed E-state index contributed by atoms with van der Waals surface area (Å²) in [7, 11) is 0. The van der Waals surface area contributed by atoms with E-state index in [-0.39, 0.29) is 5.92 Å². The van der Waals surface area contributed by atoms with E-state index in [4.69, 9.17) is 28.2 Å². The Morgan fingerprint density at radius 2 is 1.09 bits per heavy atom. The molecule has 0 radical (unpaired) electrons. The lowest BCUT2D eigenvalue weighted by Gasteiger charge is -2.18. The molecule has 0 aliphatic carbocycles. The van der Waals surface area contributed by atoms with Crippen LogP contribution in [0.25, 0.3) is 21.0 Å². The van der Waals surface area contributed by atoms with Crippen molar-refractivity contribution in [1.29, 1.82) is 0 Å². The Morgan fingerprint density at radius 1 is 0.562 bits per heavy atom. The molecule has 0 saturated heterocycles. The molecular weight excluding hydrogens is 453 g/mol. The van der Waals surface area contributed by atoms with Crippen molar-refractivity contribution in [3.63, 3.8) is 0 Å². The summed E-state index contributed by atoms with van der Waals surface area (Å²) in [6, 6.07) is 36.9. The molecule has 0 spiro atoms. The van der Waals surface area contributed by atoms with E-state index < -0.39 is 0 Å².